The number of aromatic nitrogens is 2. The molecule has 2 aromatic carbocycles. The Morgan fingerprint density at radius 2 is 1.89 bits per heavy atom. The molecule has 0 saturated carbocycles. The molecule has 0 bridgehead atoms. The molecule has 1 N–H and O–H groups in total. The first-order chi connectivity index (χ1) is 13.6. The fourth-order valence-corrected chi connectivity index (χ4v) is 2.80. The molecule has 0 aliphatic heterocycles. The van der Waals surface area contributed by atoms with Crippen molar-refractivity contribution >= 4 is 11.6 Å². The molecule has 6 heteroatoms. The second kappa shape index (κ2) is 9.60. The first kappa shape index (κ1) is 19.5. The van der Waals surface area contributed by atoms with Gasteiger partial charge in [-0.1, -0.05) is 29.8 Å². The number of hydrogen-bond acceptors (Lipinski definition) is 4. The number of hydrogen-bond donors (Lipinski definition) is 1. The number of benzene rings is 2. The Morgan fingerprint density at radius 1 is 1.07 bits per heavy atom. The van der Waals surface area contributed by atoms with Crippen molar-refractivity contribution in [2.75, 3.05) is 18.5 Å². The summed E-state index contributed by atoms with van der Waals surface area (Å²) in [6.45, 7) is 5.53. The van der Waals surface area contributed by atoms with Gasteiger partial charge in [0.2, 0.25) is 5.91 Å². The molecule has 0 atom stereocenters. The van der Waals surface area contributed by atoms with E-state index in [1.165, 1.54) is 5.56 Å². The van der Waals surface area contributed by atoms with E-state index in [4.69, 9.17) is 9.47 Å². The number of anilines is 1. The molecule has 1 amide bonds. The van der Waals surface area contributed by atoms with E-state index < -0.39 is 0 Å². The van der Waals surface area contributed by atoms with Gasteiger partial charge in [0.15, 0.2) is 0 Å². The largest absolute Gasteiger partial charge is 0.493 e. The number of rotatable bonds is 9. The summed E-state index contributed by atoms with van der Waals surface area (Å²) in [5.74, 6) is 1.34. The van der Waals surface area contributed by atoms with Crippen LogP contribution < -0.4 is 14.8 Å². The van der Waals surface area contributed by atoms with Gasteiger partial charge in [0.1, 0.15) is 18.1 Å². The molecular formula is C22H25N3O3. The van der Waals surface area contributed by atoms with Crippen molar-refractivity contribution in [3.8, 4) is 11.5 Å². The van der Waals surface area contributed by atoms with Crippen LogP contribution in [0.2, 0.25) is 0 Å². The molecule has 1 heterocycles. The van der Waals surface area contributed by atoms with Gasteiger partial charge in [-0.05, 0) is 37.6 Å². The van der Waals surface area contributed by atoms with Crippen LogP contribution in [0.1, 0.15) is 17.5 Å². The predicted molar refractivity (Wildman–Crippen MR) is 109 cm³/mol. The molecule has 0 unspecified atom stereocenters. The second-order valence-corrected chi connectivity index (χ2v) is 6.56. The van der Waals surface area contributed by atoms with Crippen LogP contribution in [0.15, 0.2) is 61.2 Å². The quantitative estimate of drug-likeness (QED) is 0.611. The highest BCUT2D eigenvalue weighted by atomic mass is 16.5. The van der Waals surface area contributed by atoms with E-state index in [2.05, 4.69) is 16.4 Å². The van der Waals surface area contributed by atoms with Crippen molar-refractivity contribution in [2.24, 2.45) is 0 Å². The van der Waals surface area contributed by atoms with Crippen LogP contribution in [-0.4, -0.2) is 28.7 Å². The number of imidazole rings is 1. The Kier molecular flexibility index (Phi) is 6.68. The van der Waals surface area contributed by atoms with Gasteiger partial charge in [0.25, 0.3) is 0 Å². The van der Waals surface area contributed by atoms with Crippen molar-refractivity contribution in [1.29, 1.82) is 0 Å². The Bertz CT molecular complexity index is 907. The molecule has 3 aromatic rings. The number of carbonyl (C=O) groups is 1. The van der Waals surface area contributed by atoms with Gasteiger partial charge in [-0.15, -0.1) is 0 Å². The van der Waals surface area contributed by atoms with Crippen molar-refractivity contribution in [3.05, 3.63) is 72.3 Å². The maximum absolute atomic E-state index is 12.3. The number of para-hydroxylation sites is 2. The normalized spacial score (nSPS) is 10.5. The smallest absolute Gasteiger partial charge is 0.227 e. The van der Waals surface area contributed by atoms with E-state index in [1.54, 1.807) is 12.5 Å². The minimum atomic E-state index is -0.115. The molecule has 0 saturated heterocycles. The average Bonchev–Trinajstić information content (AvgIpc) is 3.18. The minimum Gasteiger partial charge on any atom is -0.493 e. The SMILES string of the molecule is Cc1ccc(OCCC(=O)Nc2ccccc2OCCn2ccnc2)c(C)c1. The summed E-state index contributed by atoms with van der Waals surface area (Å²) < 4.78 is 13.5. The van der Waals surface area contributed by atoms with E-state index in [-0.39, 0.29) is 12.3 Å². The number of ether oxygens (including phenoxy) is 2. The van der Waals surface area contributed by atoms with Gasteiger partial charge in [0.05, 0.1) is 31.6 Å². The Labute approximate surface area is 165 Å². The minimum absolute atomic E-state index is 0.115. The van der Waals surface area contributed by atoms with E-state index in [1.807, 2.05) is 61.0 Å². The van der Waals surface area contributed by atoms with Gasteiger partial charge in [-0.3, -0.25) is 4.79 Å². The monoisotopic (exact) mass is 379 g/mol. The molecule has 3 rings (SSSR count). The molecule has 6 nitrogen and oxygen atoms in total. The lowest BCUT2D eigenvalue weighted by Gasteiger charge is -2.13. The lowest BCUT2D eigenvalue weighted by molar-refractivity contribution is -0.116. The molecule has 0 radical (unpaired) electrons. The van der Waals surface area contributed by atoms with Gasteiger partial charge in [-0.25, -0.2) is 4.98 Å². The van der Waals surface area contributed by atoms with Gasteiger partial charge in [0, 0.05) is 12.4 Å². The number of nitrogens with one attached hydrogen (secondary N) is 1. The van der Waals surface area contributed by atoms with Crippen molar-refractivity contribution in [3.63, 3.8) is 0 Å². The topological polar surface area (TPSA) is 65.4 Å². The van der Waals surface area contributed by atoms with E-state index >= 15 is 0 Å². The van der Waals surface area contributed by atoms with Crippen LogP contribution >= 0.6 is 0 Å². The summed E-state index contributed by atoms with van der Waals surface area (Å²) in [5, 5.41) is 2.90. The van der Waals surface area contributed by atoms with Gasteiger partial charge in [-0.2, -0.15) is 0 Å². The van der Waals surface area contributed by atoms with Crippen LogP contribution in [0, 0.1) is 13.8 Å². The maximum atomic E-state index is 12.3. The molecule has 0 spiro atoms. The van der Waals surface area contributed by atoms with E-state index in [0.717, 1.165) is 11.3 Å². The zero-order valence-corrected chi connectivity index (χ0v) is 16.2. The highest BCUT2D eigenvalue weighted by Gasteiger charge is 2.09. The highest BCUT2D eigenvalue weighted by Crippen LogP contribution is 2.24. The van der Waals surface area contributed by atoms with E-state index in [0.29, 0.717) is 31.2 Å². The van der Waals surface area contributed by atoms with Crippen molar-refractivity contribution in [1.82, 2.24) is 9.55 Å². The third-order valence-electron chi connectivity index (χ3n) is 4.24. The predicted octanol–water partition coefficient (Wildman–Crippen LogP) is 3.99. The van der Waals surface area contributed by atoms with Gasteiger partial charge >= 0.3 is 0 Å². The summed E-state index contributed by atoms with van der Waals surface area (Å²) in [5.41, 5.74) is 2.91. The Morgan fingerprint density at radius 3 is 2.68 bits per heavy atom. The van der Waals surface area contributed by atoms with Crippen molar-refractivity contribution in [2.45, 2.75) is 26.8 Å². The fourth-order valence-electron chi connectivity index (χ4n) is 2.80. The standard InChI is InChI=1S/C22H25N3O3/c1-17-7-8-20(18(2)15-17)27-13-9-22(26)24-19-5-3-4-6-21(19)28-14-12-25-11-10-23-16-25/h3-8,10-11,15-16H,9,12-14H2,1-2H3,(H,24,26). The fraction of sp³-hybridized carbons (Fsp3) is 0.273. The first-order valence-electron chi connectivity index (χ1n) is 9.29. The summed E-state index contributed by atoms with van der Waals surface area (Å²) in [6, 6.07) is 13.4. The molecular weight excluding hydrogens is 354 g/mol. The van der Waals surface area contributed by atoms with Crippen LogP contribution in [0.3, 0.4) is 0 Å². The Balaban J connectivity index is 1.48. The van der Waals surface area contributed by atoms with Crippen LogP contribution in [0.4, 0.5) is 5.69 Å². The molecule has 0 aliphatic carbocycles. The van der Waals surface area contributed by atoms with Crippen molar-refractivity contribution < 1.29 is 14.3 Å². The number of aryl methyl sites for hydroxylation is 2. The molecule has 1 aromatic heterocycles. The third-order valence-corrected chi connectivity index (χ3v) is 4.24. The summed E-state index contributed by atoms with van der Waals surface area (Å²) >= 11 is 0. The molecule has 28 heavy (non-hydrogen) atoms. The van der Waals surface area contributed by atoms with Gasteiger partial charge < -0.3 is 19.4 Å². The second-order valence-electron chi connectivity index (χ2n) is 6.56. The number of nitrogens with zero attached hydrogens (tertiary/aromatic N) is 2. The summed E-state index contributed by atoms with van der Waals surface area (Å²) in [6.07, 6.45) is 5.62. The average molecular weight is 379 g/mol. The lowest BCUT2D eigenvalue weighted by Crippen LogP contribution is -2.16. The van der Waals surface area contributed by atoms with Crippen LogP contribution in [0.25, 0.3) is 0 Å². The summed E-state index contributed by atoms with van der Waals surface area (Å²) in [4.78, 5) is 16.3. The number of amides is 1. The third kappa shape index (κ3) is 5.61. The zero-order chi connectivity index (χ0) is 19.8. The lowest BCUT2D eigenvalue weighted by atomic mass is 10.1. The molecule has 146 valence electrons. The number of carbonyl (C=O) groups excluding carboxylic acids is 1. The highest BCUT2D eigenvalue weighted by molar-refractivity contribution is 5.92. The Hall–Kier alpha value is -3.28. The van der Waals surface area contributed by atoms with Crippen LogP contribution in [0.5, 0.6) is 11.5 Å². The first-order valence-corrected chi connectivity index (χ1v) is 9.29. The molecule has 0 fully saturated rings. The van der Waals surface area contributed by atoms with E-state index in [9.17, 15) is 4.79 Å². The van der Waals surface area contributed by atoms with Crippen LogP contribution in [-0.2, 0) is 11.3 Å². The maximum Gasteiger partial charge on any atom is 0.227 e. The zero-order valence-electron chi connectivity index (χ0n) is 16.2. The summed E-state index contributed by atoms with van der Waals surface area (Å²) in [7, 11) is 0. The molecule has 0 aliphatic rings.